The summed E-state index contributed by atoms with van der Waals surface area (Å²) in [5.41, 5.74) is 9.26. The summed E-state index contributed by atoms with van der Waals surface area (Å²) >= 11 is 0. The number of benzene rings is 6. The minimum atomic E-state index is 0.355. The lowest BCUT2D eigenvalue weighted by Crippen LogP contribution is -1.96. The summed E-state index contributed by atoms with van der Waals surface area (Å²) in [6.07, 6.45) is 0. The van der Waals surface area contributed by atoms with Crippen molar-refractivity contribution in [1.29, 1.82) is 10.5 Å². The maximum Gasteiger partial charge on any atom is 0.119 e. The highest BCUT2D eigenvalue weighted by Crippen LogP contribution is 2.39. The normalized spacial score (nSPS) is 11.2. The van der Waals surface area contributed by atoms with Crippen molar-refractivity contribution in [3.8, 4) is 40.4 Å². The Hall–Kier alpha value is -6.30. The van der Waals surface area contributed by atoms with Crippen LogP contribution in [0.3, 0.4) is 0 Å². The molecule has 0 spiro atoms. The Balaban J connectivity index is 1.36. The Kier molecular flexibility index (Phi) is 5.72. The first-order valence-corrected chi connectivity index (χ1v) is 14.3. The molecule has 8 rings (SSSR count). The fourth-order valence-electron chi connectivity index (χ4n) is 6.46. The van der Waals surface area contributed by atoms with E-state index in [9.17, 15) is 10.5 Å². The summed E-state index contributed by atoms with van der Waals surface area (Å²) < 4.78 is 10.1. The van der Waals surface area contributed by atoms with Crippen LogP contribution < -0.4 is 4.74 Å². The first-order chi connectivity index (χ1) is 21.7. The molecule has 44 heavy (non-hydrogen) atoms. The van der Waals surface area contributed by atoms with Crippen LogP contribution >= 0.6 is 0 Å². The number of nitrogens with zero attached hydrogens (tertiary/aromatic N) is 4. The van der Waals surface area contributed by atoms with E-state index < -0.39 is 0 Å². The molecule has 0 aliphatic carbocycles. The quantitative estimate of drug-likeness (QED) is 0.214. The van der Waals surface area contributed by atoms with Crippen molar-refractivity contribution >= 4 is 43.6 Å². The van der Waals surface area contributed by atoms with Crippen molar-refractivity contribution < 1.29 is 4.74 Å². The van der Waals surface area contributed by atoms with Gasteiger partial charge in [0.15, 0.2) is 0 Å². The number of fused-ring (bicyclic) bond motifs is 6. The summed E-state index contributed by atoms with van der Waals surface area (Å²) in [4.78, 5) is 0. The number of aromatic nitrogens is 2. The van der Waals surface area contributed by atoms with Gasteiger partial charge in [0, 0.05) is 32.9 Å². The predicted octanol–water partition coefficient (Wildman–Crippen LogP) is 9.30. The smallest absolute Gasteiger partial charge is 0.119 e. The van der Waals surface area contributed by atoms with Crippen LogP contribution in [0.2, 0.25) is 0 Å². The second kappa shape index (κ2) is 9.91. The van der Waals surface area contributed by atoms with Gasteiger partial charge in [-0.1, -0.05) is 48.5 Å². The average molecular weight is 565 g/mol. The Morgan fingerprint density at radius 3 is 1.73 bits per heavy atom. The Morgan fingerprint density at radius 1 is 0.477 bits per heavy atom. The third kappa shape index (κ3) is 3.78. The molecule has 0 fully saturated rings. The molecule has 0 N–H and O–H groups in total. The van der Waals surface area contributed by atoms with Crippen LogP contribution in [0.25, 0.3) is 66.1 Å². The van der Waals surface area contributed by atoms with E-state index in [4.69, 9.17) is 4.74 Å². The van der Waals surface area contributed by atoms with Crippen LogP contribution in [-0.4, -0.2) is 16.2 Å². The number of hydrogen-bond acceptors (Lipinski definition) is 3. The first-order valence-electron chi connectivity index (χ1n) is 14.3. The third-order valence-electron chi connectivity index (χ3n) is 8.49. The van der Waals surface area contributed by atoms with Gasteiger partial charge < -0.3 is 13.9 Å². The van der Waals surface area contributed by atoms with Gasteiger partial charge in [-0.15, -0.1) is 0 Å². The standard InChI is InChI=1S/C39H24N4O/c1-44-31-15-18-39-35(22-31)34-21-26(13-17-38(34)43(39)30-14-11-27(23-40)28(19-30)24-41)25-12-16-37-33(20-25)32-9-5-6-10-36(32)42(37)29-7-3-2-4-8-29/h2-22H,1H3. The largest absolute Gasteiger partial charge is 0.497 e. The SMILES string of the molecule is COc1ccc2c(c1)c1cc(-c3ccc4c(c3)c3ccccc3n4-c3ccccc3)ccc1n2-c1ccc(C#N)c(C#N)c1. The van der Waals surface area contributed by atoms with E-state index in [1.807, 2.05) is 24.3 Å². The van der Waals surface area contributed by atoms with E-state index in [-0.39, 0.29) is 0 Å². The molecule has 5 heteroatoms. The van der Waals surface area contributed by atoms with Crippen molar-refractivity contribution in [2.45, 2.75) is 0 Å². The van der Waals surface area contributed by atoms with E-state index in [1.54, 1.807) is 19.2 Å². The van der Waals surface area contributed by atoms with E-state index in [0.717, 1.165) is 55.6 Å². The van der Waals surface area contributed by atoms with Gasteiger partial charge in [-0.3, -0.25) is 0 Å². The second-order valence-corrected chi connectivity index (χ2v) is 10.8. The van der Waals surface area contributed by atoms with Crippen LogP contribution in [0.1, 0.15) is 11.1 Å². The van der Waals surface area contributed by atoms with Crippen molar-refractivity contribution in [2.75, 3.05) is 7.11 Å². The third-order valence-corrected chi connectivity index (χ3v) is 8.49. The molecule has 0 saturated carbocycles. The number of methoxy groups -OCH3 is 1. The van der Waals surface area contributed by atoms with E-state index >= 15 is 0 Å². The lowest BCUT2D eigenvalue weighted by Gasteiger charge is -2.10. The van der Waals surface area contributed by atoms with E-state index in [2.05, 4.69) is 112 Å². The molecule has 5 nitrogen and oxygen atoms in total. The first kappa shape index (κ1) is 25.4. The Labute approximate surface area is 253 Å². The van der Waals surface area contributed by atoms with Crippen molar-refractivity contribution in [3.05, 3.63) is 139 Å². The molecule has 0 aliphatic heterocycles. The lowest BCUT2D eigenvalue weighted by atomic mass is 10.0. The van der Waals surface area contributed by atoms with Gasteiger partial charge in [0.1, 0.15) is 17.9 Å². The zero-order chi connectivity index (χ0) is 29.8. The Bertz CT molecular complexity index is 2510. The monoisotopic (exact) mass is 564 g/mol. The van der Waals surface area contributed by atoms with Crippen molar-refractivity contribution in [2.24, 2.45) is 0 Å². The number of hydrogen-bond donors (Lipinski definition) is 0. The van der Waals surface area contributed by atoms with Gasteiger partial charge in [-0.2, -0.15) is 10.5 Å². The van der Waals surface area contributed by atoms with Crippen LogP contribution in [0.5, 0.6) is 5.75 Å². The zero-order valence-electron chi connectivity index (χ0n) is 23.8. The van der Waals surface area contributed by atoms with Gasteiger partial charge in [0.25, 0.3) is 0 Å². The molecule has 0 amide bonds. The molecule has 0 radical (unpaired) electrons. The second-order valence-electron chi connectivity index (χ2n) is 10.8. The van der Waals surface area contributed by atoms with E-state index in [1.165, 1.54) is 16.3 Å². The molecule has 0 aliphatic rings. The van der Waals surface area contributed by atoms with Gasteiger partial charge in [-0.05, 0) is 90.0 Å². The molecular formula is C39H24N4O. The van der Waals surface area contributed by atoms with Gasteiger partial charge in [-0.25, -0.2) is 0 Å². The molecule has 0 saturated heterocycles. The number of rotatable bonds is 4. The molecule has 8 aromatic rings. The van der Waals surface area contributed by atoms with Crippen LogP contribution in [0, 0.1) is 22.7 Å². The van der Waals surface area contributed by atoms with Crippen LogP contribution in [-0.2, 0) is 0 Å². The van der Waals surface area contributed by atoms with Gasteiger partial charge in [0.05, 0.1) is 40.3 Å². The van der Waals surface area contributed by atoms with Crippen molar-refractivity contribution in [1.82, 2.24) is 9.13 Å². The summed E-state index contributed by atoms with van der Waals surface area (Å²) in [6, 6.07) is 48.0. The predicted molar refractivity (Wildman–Crippen MR) is 177 cm³/mol. The summed E-state index contributed by atoms with van der Waals surface area (Å²) in [5.74, 6) is 0.773. The fourth-order valence-corrected chi connectivity index (χ4v) is 6.46. The number of para-hydroxylation sites is 2. The van der Waals surface area contributed by atoms with Gasteiger partial charge >= 0.3 is 0 Å². The average Bonchev–Trinajstić information content (AvgIpc) is 3.60. The van der Waals surface area contributed by atoms with Crippen LogP contribution in [0.4, 0.5) is 0 Å². The minimum absolute atomic E-state index is 0.355. The molecule has 2 aromatic heterocycles. The number of nitriles is 2. The molecule has 0 unspecified atom stereocenters. The maximum atomic E-state index is 9.71. The highest BCUT2D eigenvalue weighted by molar-refractivity contribution is 6.13. The highest BCUT2D eigenvalue weighted by atomic mass is 16.5. The number of ether oxygens (including phenoxy) is 1. The molecule has 206 valence electrons. The molecule has 0 atom stereocenters. The summed E-state index contributed by atoms with van der Waals surface area (Å²) in [7, 11) is 1.67. The summed E-state index contributed by atoms with van der Waals surface area (Å²) in [6.45, 7) is 0. The fraction of sp³-hybridized carbons (Fsp3) is 0.0256. The van der Waals surface area contributed by atoms with Crippen molar-refractivity contribution in [3.63, 3.8) is 0 Å². The highest BCUT2D eigenvalue weighted by Gasteiger charge is 2.17. The zero-order valence-corrected chi connectivity index (χ0v) is 23.8. The molecular weight excluding hydrogens is 540 g/mol. The minimum Gasteiger partial charge on any atom is -0.497 e. The molecule has 2 heterocycles. The lowest BCUT2D eigenvalue weighted by molar-refractivity contribution is 0.415. The van der Waals surface area contributed by atoms with Gasteiger partial charge in [0.2, 0.25) is 0 Å². The maximum absolute atomic E-state index is 9.71. The Morgan fingerprint density at radius 2 is 1.05 bits per heavy atom. The molecule has 6 aromatic carbocycles. The summed E-state index contributed by atoms with van der Waals surface area (Å²) in [5, 5.41) is 23.7. The topological polar surface area (TPSA) is 66.7 Å². The molecule has 0 bridgehead atoms. The van der Waals surface area contributed by atoms with Crippen LogP contribution in [0.15, 0.2) is 127 Å². The van der Waals surface area contributed by atoms with E-state index in [0.29, 0.717) is 11.1 Å².